The molecule has 1 N–H and O–H groups in total. The molecule has 1 aromatic carbocycles. The van der Waals surface area contributed by atoms with Gasteiger partial charge in [0.25, 0.3) is 5.91 Å². The summed E-state index contributed by atoms with van der Waals surface area (Å²) in [5, 5.41) is 2.88. The summed E-state index contributed by atoms with van der Waals surface area (Å²) in [7, 11) is 1.57. The molecule has 20 heavy (non-hydrogen) atoms. The molecule has 2 rings (SSSR count). The van der Waals surface area contributed by atoms with Gasteiger partial charge in [-0.3, -0.25) is 4.79 Å². The number of hydrogen-bond acceptors (Lipinski definition) is 3. The fourth-order valence-electron chi connectivity index (χ4n) is 1.94. The van der Waals surface area contributed by atoms with Crippen LogP contribution in [0.15, 0.2) is 33.2 Å². The third-order valence-corrected chi connectivity index (χ3v) is 3.69. The molecule has 5 heteroatoms. The van der Waals surface area contributed by atoms with E-state index in [1.165, 1.54) is 0 Å². The van der Waals surface area contributed by atoms with E-state index in [1.807, 2.05) is 19.9 Å². The van der Waals surface area contributed by atoms with Gasteiger partial charge in [-0.05, 0) is 54.0 Å². The number of carbonyl (C=O) groups is 1. The second kappa shape index (κ2) is 6.13. The topological polar surface area (TPSA) is 51.5 Å². The van der Waals surface area contributed by atoms with Crippen molar-refractivity contribution in [3.8, 4) is 5.75 Å². The highest BCUT2D eigenvalue weighted by atomic mass is 79.9. The Kier molecular flexibility index (Phi) is 4.49. The second-order valence-electron chi connectivity index (χ2n) is 4.47. The summed E-state index contributed by atoms with van der Waals surface area (Å²) in [4.78, 5) is 12.2. The van der Waals surface area contributed by atoms with Crippen LogP contribution >= 0.6 is 15.9 Å². The minimum Gasteiger partial charge on any atom is -0.497 e. The highest BCUT2D eigenvalue weighted by molar-refractivity contribution is 9.10. The van der Waals surface area contributed by atoms with E-state index in [1.54, 1.807) is 25.3 Å². The maximum atomic E-state index is 12.2. The number of amides is 1. The van der Waals surface area contributed by atoms with Crippen molar-refractivity contribution in [2.45, 2.75) is 20.4 Å². The van der Waals surface area contributed by atoms with Gasteiger partial charge in [0.2, 0.25) is 0 Å². The molecule has 0 bridgehead atoms. The Hall–Kier alpha value is -1.75. The molecule has 0 saturated carbocycles. The van der Waals surface area contributed by atoms with E-state index < -0.39 is 0 Å². The van der Waals surface area contributed by atoms with Crippen LogP contribution in [0.2, 0.25) is 0 Å². The molecule has 1 heterocycles. The predicted octanol–water partition coefficient (Wildman–Crippen LogP) is 3.60. The van der Waals surface area contributed by atoms with Crippen LogP contribution in [0, 0.1) is 13.8 Å². The van der Waals surface area contributed by atoms with Gasteiger partial charge in [0, 0.05) is 16.6 Å². The molecule has 0 aliphatic carbocycles. The Morgan fingerprint density at radius 2 is 2.10 bits per heavy atom. The molecular formula is C15H16BrNO3. The Bertz CT molecular complexity index is 634. The number of halogens is 1. The number of carbonyl (C=O) groups excluding carboxylic acids is 1. The molecule has 1 aromatic heterocycles. The van der Waals surface area contributed by atoms with Crippen LogP contribution in [-0.4, -0.2) is 13.0 Å². The molecule has 0 aliphatic heterocycles. The molecular weight excluding hydrogens is 322 g/mol. The first-order chi connectivity index (χ1) is 9.51. The molecule has 0 unspecified atom stereocenters. The molecule has 106 valence electrons. The van der Waals surface area contributed by atoms with E-state index >= 15 is 0 Å². The van der Waals surface area contributed by atoms with Crippen LogP contribution < -0.4 is 10.1 Å². The molecule has 0 aliphatic rings. The lowest BCUT2D eigenvalue weighted by Crippen LogP contribution is -2.23. The first-order valence-electron chi connectivity index (χ1n) is 6.19. The van der Waals surface area contributed by atoms with Crippen molar-refractivity contribution in [2.75, 3.05) is 7.11 Å². The van der Waals surface area contributed by atoms with E-state index in [0.717, 1.165) is 21.6 Å². The highest BCUT2D eigenvalue weighted by Gasteiger charge is 2.12. The summed E-state index contributed by atoms with van der Waals surface area (Å²) in [6.07, 6.45) is 0. The standard InChI is InChI=1S/C15H16BrNO3/c1-9-6-11(10(2)20-9)8-17-15(18)13-7-12(19-3)4-5-14(13)16/h4-7H,8H2,1-3H3,(H,17,18). The summed E-state index contributed by atoms with van der Waals surface area (Å²) in [5.74, 6) is 2.16. The molecule has 0 fully saturated rings. The zero-order chi connectivity index (χ0) is 14.7. The van der Waals surface area contributed by atoms with Crippen LogP contribution in [0.1, 0.15) is 27.4 Å². The summed E-state index contributed by atoms with van der Waals surface area (Å²) in [6, 6.07) is 7.22. The third-order valence-electron chi connectivity index (χ3n) is 3.00. The van der Waals surface area contributed by atoms with E-state index in [9.17, 15) is 4.79 Å². The van der Waals surface area contributed by atoms with E-state index in [0.29, 0.717) is 17.9 Å². The minimum atomic E-state index is -0.158. The predicted molar refractivity (Wildman–Crippen MR) is 80.0 cm³/mol. The van der Waals surface area contributed by atoms with Crippen molar-refractivity contribution in [1.82, 2.24) is 5.32 Å². The lowest BCUT2D eigenvalue weighted by Gasteiger charge is -2.08. The maximum absolute atomic E-state index is 12.2. The van der Waals surface area contributed by atoms with Crippen LogP contribution in [0.25, 0.3) is 0 Å². The van der Waals surface area contributed by atoms with E-state index in [4.69, 9.17) is 9.15 Å². The average molecular weight is 338 g/mol. The fourth-order valence-corrected chi connectivity index (χ4v) is 2.36. The summed E-state index contributed by atoms with van der Waals surface area (Å²) >= 11 is 3.37. The van der Waals surface area contributed by atoms with Gasteiger partial charge in [-0.1, -0.05) is 0 Å². The van der Waals surface area contributed by atoms with E-state index in [2.05, 4.69) is 21.2 Å². The smallest absolute Gasteiger partial charge is 0.252 e. The highest BCUT2D eigenvalue weighted by Crippen LogP contribution is 2.22. The number of methoxy groups -OCH3 is 1. The number of aryl methyl sites for hydroxylation is 2. The lowest BCUT2D eigenvalue weighted by atomic mass is 10.2. The SMILES string of the molecule is COc1ccc(Br)c(C(=O)NCc2cc(C)oc2C)c1. The van der Waals surface area contributed by atoms with Crippen LogP contribution in [0.4, 0.5) is 0 Å². The Balaban J connectivity index is 2.10. The zero-order valence-corrected chi connectivity index (χ0v) is 13.2. The molecule has 0 spiro atoms. The zero-order valence-electron chi connectivity index (χ0n) is 11.6. The van der Waals surface area contributed by atoms with E-state index in [-0.39, 0.29) is 5.91 Å². The van der Waals surface area contributed by atoms with Gasteiger partial charge in [-0.2, -0.15) is 0 Å². The third kappa shape index (κ3) is 3.22. The fraction of sp³-hybridized carbons (Fsp3) is 0.267. The number of ether oxygens (including phenoxy) is 1. The van der Waals surface area contributed by atoms with Crippen LogP contribution in [-0.2, 0) is 6.54 Å². The average Bonchev–Trinajstić information content (AvgIpc) is 2.75. The first kappa shape index (κ1) is 14.7. The monoisotopic (exact) mass is 337 g/mol. The molecule has 2 aromatic rings. The Morgan fingerprint density at radius 3 is 2.70 bits per heavy atom. The van der Waals surface area contributed by atoms with Crippen LogP contribution in [0.5, 0.6) is 5.75 Å². The largest absolute Gasteiger partial charge is 0.497 e. The van der Waals surface area contributed by atoms with Crippen molar-refractivity contribution in [3.05, 3.63) is 51.4 Å². The molecule has 0 atom stereocenters. The molecule has 0 radical (unpaired) electrons. The quantitative estimate of drug-likeness (QED) is 0.927. The van der Waals surface area contributed by atoms with Gasteiger partial charge in [-0.15, -0.1) is 0 Å². The van der Waals surface area contributed by atoms with Crippen molar-refractivity contribution in [1.29, 1.82) is 0 Å². The molecule has 1 amide bonds. The number of furan rings is 1. The first-order valence-corrected chi connectivity index (χ1v) is 6.98. The van der Waals surface area contributed by atoms with Gasteiger partial charge in [0.05, 0.1) is 12.7 Å². The van der Waals surface area contributed by atoms with Gasteiger partial charge in [0.1, 0.15) is 17.3 Å². The molecule has 4 nitrogen and oxygen atoms in total. The van der Waals surface area contributed by atoms with Crippen LogP contribution in [0.3, 0.4) is 0 Å². The minimum absolute atomic E-state index is 0.158. The van der Waals surface area contributed by atoms with Crippen molar-refractivity contribution in [2.24, 2.45) is 0 Å². The van der Waals surface area contributed by atoms with Gasteiger partial charge in [0.15, 0.2) is 0 Å². The summed E-state index contributed by atoms with van der Waals surface area (Å²) in [5.41, 5.74) is 1.53. The second-order valence-corrected chi connectivity index (χ2v) is 5.32. The number of nitrogens with one attached hydrogen (secondary N) is 1. The van der Waals surface area contributed by atoms with Gasteiger partial charge in [-0.25, -0.2) is 0 Å². The molecule has 0 saturated heterocycles. The van der Waals surface area contributed by atoms with Crippen molar-refractivity contribution in [3.63, 3.8) is 0 Å². The number of hydrogen-bond donors (Lipinski definition) is 1. The summed E-state index contributed by atoms with van der Waals surface area (Å²) < 4.78 is 11.3. The maximum Gasteiger partial charge on any atom is 0.252 e. The summed E-state index contributed by atoms with van der Waals surface area (Å²) in [6.45, 7) is 4.21. The van der Waals surface area contributed by atoms with Gasteiger partial charge >= 0.3 is 0 Å². The van der Waals surface area contributed by atoms with Crippen molar-refractivity contribution >= 4 is 21.8 Å². The normalized spacial score (nSPS) is 10.4. The lowest BCUT2D eigenvalue weighted by molar-refractivity contribution is 0.0949. The Morgan fingerprint density at radius 1 is 1.35 bits per heavy atom. The Labute approximate surface area is 126 Å². The number of benzene rings is 1. The van der Waals surface area contributed by atoms with Gasteiger partial charge < -0.3 is 14.5 Å². The van der Waals surface area contributed by atoms with Crippen molar-refractivity contribution < 1.29 is 13.9 Å². The number of rotatable bonds is 4.